The Morgan fingerprint density at radius 2 is 2.14 bits per heavy atom. The molecule has 3 aromatic rings. The highest BCUT2D eigenvalue weighted by molar-refractivity contribution is 9.10. The van der Waals surface area contributed by atoms with Crippen LogP contribution in [0.25, 0.3) is 0 Å². The van der Waals surface area contributed by atoms with Crippen LogP contribution < -0.4 is 21.7 Å². The van der Waals surface area contributed by atoms with Crippen LogP contribution in [0.5, 0.6) is 0 Å². The fourth-order valence-corrected chi connectivity index (χ4v) is 3.03. The summed E-state index contributed by atoms with van der Waals surface area (Å²) in [4.78, 5) is 12.7. The van der Waals surface area contributed by atoms with E-state index in [1.165, 1.54) is 12.3 Å². The number of amides is 1. The molecule has 2 aromatic carbocycles. The Kier molecular flexibility index (Phi) is 5.76. The first-order valence-corrected chi connectivity index (χ1v) is 8.84. The van der Waals surface area contributed by atoms with Crippen LogP contribution >= 0.6 is 27.5 Å². The number of nitrogens with one attached hydrogen (secondary N) is 4. The van der Waals surface area contributed by atoms with Gasteiger partial charge in [-0.25, -0.2) is 4.39 Å². The normalized spacial score (nSPS) is 10.4. The monoisotopic (exact) mass is 466 g/mol. The number of rotatable bonds is 6. The molecule has 0 aliphatic carbocycles. The molecule has 144 valence electrons. The van der Waals surface area contributed by atoms with Crippen molar-refractivity contribution in [3.63, 3.8) is 0 Å². The van der Waals surface area contributed by atoms with Gasteiger partial charge in [0.25, 0.3) is 11.9 Å². The molecule has 0 radical (unpaired) electrons. The molecule has 0 fully saturated rings. The number of benzene rings is 2. The maximum absolute atomic E-state index is 15.0. The summed E-state index contributed by atoms with van der Waals surface area (Å²) in [6, 6.07) is 6.32. The zero-order valence-electron chi connectivity index (χ0n) is 14.1. The van der Waals surface area contributed by atoms with Crippen LogP contribution in [0, 0.1) is 5.82 Å². The first-order valence-electron chi connectivity index (χ1n) is 7.67. The zero-order chi connectivity index (χ0) is 20.3. The number of aromatic nitrogens is 4. The molecule has 12 heteroatoms. The third-order valence-electron chi connectivity index (χ3n) is 3.57. The molecule has 0 bridgehead atoms. The van der Waals surface area contributed by atoms with E-state index in [9.17, 15) is 4.79 Å². The van der Waals surface area contributed by atoms with E-state index in [0.29, 0.717) is 10.7 Å². The Bertz CT molecular complexity index is 1040. The van der Waals surface area contributed by atoms with Gasteiger partial charge in [0.2, 0.25) is 0 Å². The number of hydrogen-bond donors (Lipinski definition) is 5. The van der Waals surface area contributed by atoms with E-state index in [2.05, 4.69) is 59.1 Å². The predicted octanol–water partition coefficient (Wildman–Crippen LogP) is 3.89. The molecule has 1 heterocycles. The Morgan fingerprint density at radius 1 is 1.36 bits per heavy atom. The lowest BCUT2D eigenvalue weighted by atomic mass is 10.1. The maximum atomic E-state index is 15.0. The summed E-state index contributed by atoms with van der Waals surface area (Å²) in [5.74, 6) is -1.61. The van der Waals surface area contributed by atoms with Gasteiger partial charge in [-0.1, -0.05) is 39.2 Å². The van der Waals surface area contributed by atoms with E-state index in [4.69, 9.17) is 17.3 Å². The molecule has 0 saturated carbocycles. The second-order valence-electron chi connectivity index (χ2n) is 5.36. The SMILES string of the molecule is C=CNc1cc(C(=O)Nc2nn[nH]n2)c(Nc2ccc(Br)cc2Cl)c(F)c1N. The van der Waals surface area contributed by atoms with Crippen LogP contribution in [0.1, 0.15) is 10.4 Å². The summed E-state index contributed by atoms with van der Waals surface area (Å²) in [7, 11) is 0. The third-order valence-corrected chi connectivity index (χ3v) is 4.37. The number of aromatic amines is 1. The predicted molar refractivity (Wildman–Crippen MR) is 109 cm³/mol. The van der Waals surface area contributed by atoms with E-state index in [0.717, 1.165) is 4.47 Å². The average molecular weight is 468 g/mol. The number of halogens is 3. The Hall–Kier alpha value is -3.18. The number of H-pyrrole nitrogens is 1. The largest absolute Gasteiger partial charge is 0.395 e. The molecule has 0 aliphatic heterocycles. The molecule has 6 N–H and O–H groups in total. The van der Waals surface area contributed by atoms with Crippen molar-refractivity contribution in [2.75, 3.05) is 21.7 Å². The van der Waals surface area contributed by atoms with Gasteiger partial charge < -0.3 is 16.4 Å². The van der Waals surface area contributed by atoms with E-state index in [1.54, 1.807) is 18.2 Å². The summed E-state index contributed by atoms with van der Waals surface area (Å²) in [6.45, 7) is 3.51. The van der Waals surface area contributed by atoms with Crippen molar-refractivity contribution in [3.8, 4) is 0 Å². The second kappa shape index (κ2) is 8.23. The average Bonchev–Trinajstić information content (AvgIpc) is 3.16. The first-order chi connectivity index (χ1) is 13.4. The van der Waals surface area contributed by atoms with Crippen LogP contribution in [0.15, 0.2) is 41.5 Å². The van der Waals surface area contributed by atoms with Crippen molar-refractivity contribution < 1.29 is 9.18 Å². The number of tetrazole rings is 1. The molecular weight excluding hydrogens is 455 g/mol. The van der Waals surface area contributed by atoms with Crippen molar-refractivity contribution in [2.45, 2.75) is 0 Å². The number of carbonyl (C=O) groups excluding carboxylic acids is 1. The minimum Gasteiger partial charge on any atom is -0.395 e. The molecule has 0 unspecified atom stereocenters. The van der Waals surface area contributed by atoms with E-state index >= 15 is 4.39 Å². The standard InChI is InChI=1S/C16H13BrClFN8O/c1-2-21-11-6-8(15(28)23-16-24-26-27-25-16)14(12(19)13(11)20)22-10-4-3-7(17)5-9(10)18/h2-6,21-22H,1,20H2,(H2,23,24,25,26,27,28). The molecule has 1 amide bonds. The fraction of sp³-hybridized carbons (Fsp3) is 0. The molecule has 1 aromatic heterocycles. The van der Waals surface area contributed by atoms with Crippen LogP contribution in [-0.4, -0.2) is 26.5 Å². The smallest absolute Gasteiger partial charge is 0.270 e. The summed E-state index contributed by atoms with van der Waals surface area (Å²) < 4.78 is 15.8. The Morgan fingerprint density at radius 3 is 2.79 bits per heavy atom. The number of nitrogens with two attached hydrogens (primary N) is 1. The van der Waals surface area contributed by atoms with E-state index in [1.807, 2.05) is 0 Å². The lowest BCUT2D eigenvalue weighted by Gasteiger charge is -2.17. The van der Waals surface area contributed by atoms with Gasteiger partial charge in [-0.15, -0.1) is 5.10 Å². The number of carbonyl (C=O) groups is 1. The number of hydrogen-bond acceptors (Lipinski definition) is 7. The number of nitrogen functional groups attached to an aromatic ring is 1. The molecule has 9 nitrogen and oxygen atoms in total. The molecule has 0 atom stereocenters. The Labute approximate surface area is 171 Å². The van der Waals surface area contributed by atoms with E-state index < -0.39 is 11.7 Å². The van der Waals surface area contributed by atoms with Gasteiger partial charge >= 0.3 is 0 Å². The quantitative estimate of drug-likeness (QED) is 0.347. The van der Waals surface area contributed by atoms with Crippen LogP contribution in [0.3, 0.4) is 0 Å². The minimum atomic E-state index is -0.843. The molecular formula is C16H13BrClFN8O. The van der Waals surface area contributed by atoms with E-state index in [-0.39, 0.29) is 28.6 Å². The highest BCUT2D eigenvalue weighted by Gasteiger charge is 2.22. The fourth-order valence-electron chi connectivity index (χ4n) is 2.31. The van der Waals surface area contributed by atoms with Crippen LogP contribution in [-0.2, 0) is 0 Å². The number of nitrogens with zero attached hydrogens (tertiary/aromatic N) is 3. The third kappa shape index (κ3) is 4.05. The Balaban J connectivity index is 2.08. The van der Waals surface area contributed by atoms with Crippen molar-refractivity contribution in [1.29, 1.82) is 0 Å². The topological polar surface area (TPSA) is 134 Å². The zero-order valence-corrected chi connectivity index (χ0v) is 16.4. The van der Waals surface area contributed by atoms with Crippen molar-refractivity contribution in [3.05, 3.63) is 57.9 Å². The minimum absolute atomic E-state index is 0.0696. The van der Waals surface area contributed by atoms with Gasteiger partial charge in [0.15, 0.2) is 5.82 Å². The van der Waals surface area contributed by atoms with Crippen LogP contribution in [0.4, 0.5) is 33.1 Å². The van der Waals surface area contributed by atoms with Crippen molar-refractivity contribution in [1.82, 2.24) is 20.6 Å². The van der Waals surface area contributed by atoms with Crippen molar-refractivity contribution in [2.24, 2.45) is 0 Å². The van der Waals surface area contributed by atoms with Crippen molar-refractivity contribution >= 4 is 62.1 Å². The highest BCUT2D eigenvalue weighted by atomic mass is 79.9. The maximum Gasteiger partial charge on any atom is 0.270 e. The molecule has 0 spiro atoms. The summed E-state index contributed by atoms with van der Waals surface area (Å²) >= 11 is 9.49. The van der Waals surface area contributed by atoms with Gasteiger partial charge in [0, 0.05) is 4.47 Å². The second-order valence-corrected chi connectivity index (χ2v) is 6.68. The summed E-state index contributed by atoms with van der Waals surface area (Å²) in [5.41, 5.74) is 5.95. The van der Waals surface area contributed by atoms with Gasteiger partial charge in [-0.2, -0.15) is 5.21 Å². The lowest BCUT2D eigenvalue weighted by molar-refractivity contribution is 0.102. The lowest BCUT2D eigenvalue weighted by Crippen LogP contribution is -2.17. The first kappa shape index (κ1) is 19.6. The van der Waals surface area contributed by atoms with Gasteiger partial charge in [0.05, 0.1) is 33.3 Å². The molecule has 0 saturated heterocycles. The summed E-state index contributed by atoms with van der Waals surface area (Å²) in [5, 5.41) is 21.1. The molecule has 0 aliphatic rings. The number of anilines is 5. The van der Waals surface area contributed by atoms with Crippen LogP contribution in [0.2, 0.25) is 5.02 Å². The summed E-state index contributed by atoms with van der Waals surface area (Å²) in [6.07, 6.45) is 1.31. The van der Waals surface area contributed by atoms with Gasteiger partial charge in [0.1, 0.15) is 0 Å². The molecule has 28 heavy (non-hydrogen) atoms. The van der Waals surface area contributed by atoms with Gasteiger partial charge in [-0.05, 0) is 35.7 Å². The van der Waals surface area contributed by atoms with Gasteiger partial charge in [-0.3, -0.25) is 10.1 Å². The molecule has 3 rings (SSSR count). The highest BCUT2D eigenvalue weighted by Crippen LogP contribution is 2.36.